The quantitative estimate of drug-likeness (QED) is 0.800. The number of piperidine rings is 1. The minimum atomic E-state index is -1.17. The largest absolute Gasteiger partial charge is 0.481 e. The predicted octanol–water partition coefficient (Wildman–Crippen LogP) is 0.955. The smallest absolute Gasteiger partial charge is 0.312 e. The number of hydrogen-bond acceptors (Lipinski definition) is 6. The molecule has 0 aliphatic carbocycles. The van der Waals surface area contributed by atoms with Crippen LogP contribution in [0.4, 0.5) is 0 Å². The standard InChI is InChI=1S/C18H23N5O4/c1-3-8-18(17(26)27)9-10-23(11-14(18)24)16(25)13-6-4-12(5-7-13)15-19-21-22(2)20-15/h4-7,14,24H,3,8-11H2,1-2H3,(H,26,27)/t14-,18-/m0/s1. The van der Waals surface area contributed by atoms with Gasteiger partial charge in [-0.15, -0.1) is 10.2 Å². The molecule has 9 heteroatoms. The van der Waals surface area contributed by atoms with Crippen molar-refractivity contribution in [1.29, 1.82) is 0 Å². The van der Waals surface area contributed by atoms with E-state index in [2.05, 4.69) is 15.4 Å². The van der Waals surface area contributed by atoms with Gasteiger partial charge in [0, 0.05) is 24.2 Å². The highest BCUT2D eigenvalue weighted by molar-refractivity contribution is 5.95. The van der Waals surface area contributed by atoms with Gasteiger partial charge in [0.15, 0.2) is 0 Å². The highest BCUT2D eigenvalue weighted by Crippen LogP contribution is 2.37. The van der Waals surface area contributed by atoms with Gasteiger partial charge in [-0.1, -0.05) is 25.5 Å². The summed E-state index contributed by atoms with van der Waals surface area (Å²) in [4.78, 5) is 27.3. The number of aliphatic carboxylic acids is 1. The minimum Gasteiger partial charge on any atom is -0.481 e. The molecule has 1 aromatic heterocycles. The van der Waals surface area contributed by atoms with E-state index in [9.17, 15) is 19.8 Å². The number of carbonyl (C=O) groups is 2. The first-order valence-corrected chi connectivity index (χ1v) is 8.92. The van der Waals surface area contributed by atoms with Crippen molar-refractivity contribution in [2.45, 2.75) is 32.3 Å². The molecule has 0 bridgehead atoms. The van der Waals surface area contributed by atoms with Crippen molar-refractivity contribution < 1.29 is 19.8 Å². The lowest BCUT2D eigenvalue weighted by Crippen LogP contribution is -2.56. The van der Waals surface area contributed by atoms with Gasteiger partial charge in [0.1, 0.15) is 0 Å². The van der Waals surface area contributed by atoms with Gasteiger partial charge in [-0.05, 0) is 30.2 Å². The SMILES string of the molecule is CCC[C@]1(C(=O)O)CCN(C(=O)c2ccc(-c3nnn(C)n3)cc2)C[C@@H]1O. The second-order valence-corrected chi connectivity index (χ2v) is 6.91. The first-order chi connectivity index (χ1) is 12.9. The number of carboxylic acids is 1. The van der Waals surface area contributed by atoms with Gasteiger partial charge < -0.3 is 15.1 Å². The maximum atomic E-state index is 12.8. The number of likely N-dealkylation sites (tertiary alicyclic amines) is 1. The third kappa shape index (κ3) is 3.55. The molecule has 2 heterocycles. The average molecular weight is 373 g/mol. The van der Waals surface area contributed by atoms with E-state index in [-0.39, 0.29) is 18.9 Å². The molecule has 2 atom stereocenters. The molecule has 2 N–H and O–H groups in total. The summed E-state index contributed by atoms with van der Waals surface area (Å²) < 4.78 is 0. The second kappa shape index (κ2) is 7.43. The van der Waals surface area contributed by atoms with E-state index in [0.717, 1.165) is 5.56 Å². The Hall–Kier alpha value is -2.81. The Kier molecular flexibility index (Phi) is 5.22. The number of carboxylic acid groups (broad SMARTS) is 1. The molecule has 1 aliphatic rings. The number of nitrogens with zero attached hydrogens (tertiary/aromatic N) is 5. The molecule has 0 saturated carbocycles. The van der Waals surface area contributed by atoms with E-state index in [4.69, 9.17) is 0 Å². The van der Waals surface area contributed by atoms with Crippen LogP contribution < -0.4 is 0 Å². The summed E-state index contributed by atoms with van der Waals surface area (Å²) in [6, 6.07) is 6.82. The Morgan fingerprint density at radius 2 is 2.00 bits per heavy atom. The van der Waals surface area contributed by atoms with Crippen LogP contribution in [0.1, 0.15) is 36.5 Å². The van der Waals surface area contributed by atoms with E-state index >= 15 is 0 Å². The summed E-state index contributed by atoms with van der Waals surface area (Å²) in [7, 11) is 1.67. The number of benzene rings is 1. The number of carbonyl (C=O) groups excluding carboxylic acids is 1. The number of tetrazole rings is 1. The molecule has 1 saturated heterocycles. The lowest BCUT2D eigenvalue weighted by atomic mass is 9.72. The molecular weight excluding hydrogens is 350 g/mol. The maximum Gasteiger partial charge on any atom is 0.312 e. The third-order valence-electron chi connectivity index (χ3n) is 5.17. The van der Waals surface area contributed by atoms with Gasteiger partial charge in [-0.25, -0.2) is 0 Å². The zero-order chi connectivity index (χ0) is 19.6. The molecule has 0 spiro atoms. The zero-order valence-electron chi connectivity index (χ0n) is 15.4. The van der Waals surface area contributed by atoms with Crippen LogP contribution in [0.2, 0.25) is 0 Å². The number of aliphatic hydroxyl groups is 1. The van der Waals surface area contributed by atoms with Crippen LogP contribution in [0.3, 0.4) is 0 Å². The minimum absolute atomic E-state index is 0.0125. The van der Waals surface area contributed by atoms with E-state index < -0.39 is 17.5 Å². The summed E-state index contributed by atoms with van der Waals surface area (Å²) in [5, 5.41) is 31.9. The molecule has 9 nitrogen and oxygen atoms in total. The average Bonchev–Trinajstić information content (AvgIpc) is 3.09. The molecule has 0 radical (unpaired) electrons. The van der Waals surface area contributed by atoms with Crippen LogP contribution in [-0.4, -0.2) is 66.4 Å². The van der Waals surface area contributed by atoms with Crippen molar-refractivity contribution in [2.24, 2.45) is 12.5 Å². The number of amides is 1. The fourth-order valence-electron chi connectivity index (χ4n) is 3.60. The third-order valence-corrected chi connectivity index (χ3v) is 5.17. The summed E-state index contributed by atoms with van der Waals surface area (Å²) in [5.74, 6) is -0.760. The fourth-order valence-corrected chi connectivity index (χ4v) is 3.60. The van der Waals surface area contributed by atoms with Crippen molar-refractivity contribution in [3.63, 3.8) is 0 Å². The van der Waals surface area contributed by atoms with Gasteiger partial charge in [0.2, 0.25) is 5.82 Å². The highest BCUT2D eigenvalue weighted by atomic mass is 16.4. The molecule has 0 unspecified atom stereocenters. The van der Waals surface area contributed by atoms with Crippen LogP contribution in [0.5, 0.6) is 0 Å². The first-order valence-electron chi connectivity index (χ1n) is 8.92. The Morgan fingerprint density at radius 3 is 2.52 bits per heavy atom. The normalized spacial score (nSPS) is 22.6. The lowest BCUT2D eigenvalue weighted by Gasteiger charge is -2.42. The van der Waals surface area contributed by atoms with E-state index in [1.54, 1.807) is 31.3 Å². The number of aliphatic hydroxyl groups excluding tert-OH is 1. The predicted molar refractivity (Wildman–Crippen MR) is 95.7 cm³/mol. The Labute approximate surface area is 156 Å². The van der Waals surface area contributed by atoms with Crippen LogP contribution in [-0.2, 0) is 11.8 Å². The van der Waals surface area contributed by atoms with Crippen LogP contribution in [0.25, 0.3) is 11.4 Å². The van der Waals surface area contributed by atoms with Crippen LogP contribution in [0.15, 0.2) is 24.3 Å². The molecule has 3 rings (SSSR count). The summed E-state index contributed by atoms with van der Waals surface area (Å²) >= 11 is 0. The van der Waals surface area contributed by atoms with Gasteiger partial charge in [-0.3, -0.25) is 9.59 Å². The Bertz CT molecular complexity index is 835. The van der Waals surface area contributed by atoms with Crippen molar-refractivity contribution in [3.8, 4) is 11.4 Å². The van der Waals surface area contributed by atoms with Gasteiger partial charge in [0.05, 0.1) is 18.6 Å². The Balaban J connectivity index is 1.72. The topological polar surface area (TPSA) is 121 Å². The second-order valence-electron chi connectivity index (χ2n) is 6.91. The molecule has 144 valence electrons. The van der Waals surface area contributed by atoms with E-state index in [1.807, 2.05) is 6.92 Å². The Morgan fingerprint density at radius 1 is 1.30 bits per heavy atom. The first kappa shape index (κ1) is 19.0. The van der Waals surface area contributed by atoms with Crippen LogP contribution >= 0.6 is 0 Å². The number of aromatic nitrogens is 4. The molecule has 27 heavy (non-hydrogen) atoms. The molecule has 1 aromatic carbocycles. The zero-order valence-corrected chi connectivity index (χ0v) is 15.4. The number of β-amino-alcohol motifs (C(OH)–C–C–N with tert-alkyl or cyclic N) is 1. The van der Waals surface area contributed by atoms with Crippen molar-refractivity contribution in [1.82, 2.24) is 25.1 Å². The number of hydrogen-bond donors (Lipinski definition) is 2. The van der Waals surface area contributed by atoms with E-state index in [1.165, 1.54) is 9.70 Å². The molecule has 2 aromatic rings. The summed E-state index contributed by atoms with van der Waals surface area (Å²) in [5.41, 5.74) is 0.0341. The molecule has 1 amide bonds. The monoisotopic (exact) mass is 373 g/mol. The summed E-state index contributed by atoms with van der Waals surface area (Å²) in [6.07, 6.45) is 0.210. The molecule has 1 fully saturated rings. The van der Waals surface area contributed by atoms with E-state index in [0.29, 0.717) is 30.8 Å². The number of rotatable bonds is 5. The van der Waals surface area contributed by atoms with Crippen molar-refractivity contribution >= 4 is 11.9 Å². The van der Waals surface area contributed by atoms with Gasteiger partial charge in [-0.2, -0.15) is 4.80 Å². The number of aryl methyl sites for hydroxylation is 1. The van der Waals surface area contributed by atoms with Crippen molar-refractivity contribution in [2.75, 3.05) is 13.1 Å². The fraction of sp³-hybridized carbons (Fsp3) is 0.500. The molecule has 1 aliphatic heterocycles. The van der Waals surface area contributed by atoms with Gasteiger partial charge in [0.25, 0.3) is 5.91 Å². The lowest BCUT2D eigenvalue weighted by molar-refractivity contribution is -0.162. The highest BCUT2D eigenvalue weighted by Gasteiger charge is 2.48. The van der Waals surface area contributed by atoms with Crippen LogP contribution in [0, 0.1) is 5.41 Å². The van der Waals surface area contributed by atoms with Gasteiger partial charge >= 0.3 is 5.97 Å². The molecular formula is C18H23N5O4. The summed E-state index contributed by atoms with van der Waals surface area (Å²) in [6.45, 7) is 2.21. The van der Waals surface area contributed by atoms with Crippen molar-refractivity contribution in [3.05, 3.63) is 29.8 Å². The maximum absolute atomic E-state index is 12.8.